The van der Waals surface area contributed by atoms with Crippen molar-refractivity contribution in [1.29, 1.82) is 0 Å². The molecule has 7 nitrogen and oxygen atoms in total. The number of ketones is 1. The summed E-state index contributed by atoms with van der Waals surface area (Å²) in [6, 6.07) is 13.9. The van der Waals surface area contributed by atoms with E-state index in [-0.39, 0.29) is 17.2 Å². The van der Waals surface area contributed by atoms with Crippen molar-refractivity contribution in [3.8, 4) is 5.75 Å². The van der Waals surface area contributed by atoms with E-state index >= 15 is 0 Å². The van der Waals surface area contributed by atoms with Crippen molar-refractivity contribution in [2.75, 3.05) is 12.0 Å². The fraction of sp³-hybridized carbons (Fsp3) is 0.136. The molecule has 0 saturated carbocycles. The predicted molar refractivity (Wildman–Crippen MR) is 110 cm³/mol. The summed E-state index contributed by atoms with van der Waals surface area (Å²) >= 11 is 5.93. The maximum atomic E-state index is 13.0. The lowest BCUT2D eigenvalue weighted by atomic mass is 9.95. The Hall–Kier alpha value is -3.58. The third kappa shape index (κ3) is 3.33. The topological polar surface area (TPSA) is 92.9 Å². The van der Waals surface area contributed by atoms with Gasteiger partial charge in [0.1, 0.15) is 17.3 Å². The van der Waals surface area contributed by atoms with Crippen molar-refractivity contribution in [2.45, 2.75) is 13.0 Å². The molecule has 152 valence electrons. The number of methoxy groups -OCH3 is 1. The number of aromatic nitrogens is 1. The average molecular weight is 425 g/mol. The normalized spacial score (nSPS) is 18.1. The minimum Gasteiger partial charge on any atom is -0.507 e. The summed E-state index contributed by atoms with van der Waals surface area (Å²) in [5.74, 6) is -0.633. The van der Waals surface area contributed by atoms with Crippen LogP contribution in [0.2, 0.25) is 5.02 Å². The van der Waals surface area contributed by atoms with Crippen LogP contribution in [0.15, 0.2) is 64.7 Å². The second kappa shape index (κ2) is 7.68. The molecule has 0 unspecified atom stereocenters. The SMILES string of the molecule is COc1ccc([C@@H]2C(=C(O)c3ccc(Cl)cc3)C(=O)C(=O)N2c2cc(C)on2)cc1. The Morgan fingerprint density at radius 1 is 1.13 bits per heavy atom. The molecule has 1 atom stereocenters. The Kier molecular flexibility index (Phi) is 5.05. The molecule has 1 aliphatic heterocycles. The summed E-state index contributed by atoms with van der Waals surface area (Å²) in [5.41, 5.74) is 0.923. The monoisotopic (exact) mass is 424 g/mol. The summed E-state index contributed by atoms with van der Waals surface area (Å²) in [6.07, 6.45) is 0. The number of benzene rings is 2. The molecule has 0 bridgehead atoms. The highest BCUT2D eigenvalue weighted by Crippen LogP contribution is 2.42. The van der Waals surface area contributed by atoms with E-state index in [2.05, 4.69) is 5.16 Å². The maximum Gasteiger partial charge on any atom is 0.301 e. The zero-order valence-electron chi connectivity index (χ0n) is 16.1. The number of nitrogens with zero attached hydrogens (tertiary/aromatic N) is 2. The Morgan fingerprint density at radius 3 is 2.37 bits per heavy atom. The van der Waals surface area contributed by atoms with E-state index in [4.69, 9.17) is 20.9 Å². The van der Waals surface area contributed by atoms with Crippen LogP contribution in [0.3, 0.4) is 0 Å². The fourth-order valence-electron chi connectivity index (χ4n) is 3.40. The number of aliphatic hydroxyl groups is 1. The number of halogens is 1. The first-order valence-corrected chi connectivity index (χ1v) is 9.42. The molecule has 0 aliphatic carbocycles. The van der Waals surface area contributed by atoms with Crippen LogP contribution in [0.4, 0.5) is 5.82 Å². The summed E-state index contributed by atoms with van der Waals surface area (Å²) in [4.78, 5) is 27.1. The van der Waals surface area contributed by atoms with Crippen molar-refractivity contribution in [2.24, 2.45) is 0 Å². The number of Topliss-reactive ketones (excluding diaryl/α,β-unsaturated/α-hetero) is 1. The van der Waals surface area contributed by atoms with Crippen molar-refractivity contribution in [3.63, 3.8) is 0 Å². The highest BCUT2D eigenvalue weighted by molar-refractivity contribution is 6.51. The smallest absolute Gasteiger partial charge is 0.301 e. The van der Waals surface area contributed by atoms with Crippen LogP contribution < -0.4 is 9.64 Å². The maximum absolute atomic E-state index is 13.0. The predicted octanol–water partition coefficient (Wildman–Crippen LogP) is 4.27. The number of hydrogen-bond donors (Lipinski definition) is 1. The van der Waals surface area contributed by atoms with E-state index in [1.165, 1.54) is 4.90 Å². The molecule has 0 spiro atoms. The number of rotatable bonds is 4. The van der Waals surface area contributed by atoms with E-state index in [0.717, 1.165) is 0 Å². The number of aliphatic hydroxyl groups excluding tert-OH is 1. The molecule has 1 fully saturated rings. The van der Waals surface area contributed by atoms with Gasteiger partial charge in [0.15, 0.2) is 5.82 Å². The zero-order chi connectivity index (χ0) is 21.4. The molecule has 4 rings (SSSR count). The van der Waals surface area contributed by atoms with Gasteiger partial charge in [0.05, 0.1) is 18.7 Å². The van der Waals surface area contributed by atoms with Crippen LogP contribution in [0.25, 0.3) is 5.76 Å². The van der Waals surface area contributed by atoms with Gasteiger partial charge in [0.2, 0.25) is 0 Å². The Balaban J connectivity index is 1.92. The van der Waals surface area contributed by atoms with Gasteiger partial charge >= 0.3 is 5.91 Å². The van der Waals surface area contributed by atoms with Crippen LogP contribution >= 0.6 is 11.6 Å². The van der Waals surface area contributed by atoms with Gasteiger partial charge in [-0.15, -0.1) is 0 Å². The number of carbonyl (C=O) groups excluding carboxylic acids is 2. The number of amides is 1. The molecule has 2 heterocycles. The second-order valence-corrected chi connectivity index (χ2v) is 7.18. The van der Waals surface area contributed by atoms with Gasteiger partial charge in [-0.3, -0.25) is 14.5 Å². The van der Waals surface area contributed by atoms with Crippen molar-refractivity contribution < 1.29 is 24.0 Å². The largest absolute Gasteiger partial charge is 0.507 e. The third-order valence-corrected chi connectivity index (χ3v) is 5.11. The summed E-state index contributed by atoms with van der Waals surface area (Å²) in [5, 5.41) is 15.4. The van der Waals surface area contributed by atoms with Crippen LogP contribution in [0, 0.1) is 6.92 Å². The van der Waals surface area contributed by atoms with E-state index in [1.807, 2.05) is 0 Å². The molecule has 3 aromatic rings. The van der Waals surface area contributed by atoms with Gasteiger partial charge in [-0.2, -0.15) is 0 Å². The van der Waals surface area contributed by atoms with Crippen molar-refractivity contribution in [3.05, 3.63) is 82.1 Å². The van der Waals surface area contributed by atoms with Crippen LogP contribution in [0.5, 0.6) is 5.75 Å². The second-order valence-electron chi connectivity index (χ2n) is 6.74. The molecule has 30 heavy (non-hydrogen) atoms. The number of hydrogen-bond acceptors (Lipinski definition) is 6. The van der Waals surface area contributed by atoms with Gasteiger partial charge < -0.3 is 14.4 Å². The Morgan fingerprint density at radius 2 is 1.80 bits per heavy atom. The van der Waals surface area contributed by atoms with Gasteiger partial charge in [-0.05, 0) is 48.9 Å². The minimum atomic E-state index is -0.893. The van der Waals surface area contributed by atoms with Gasteiger partial charge in [-0.25, -0.2) is 0 Å². The number of ether oxygens (including phenoxy) is 1. The lowest BCUT2D eigenvalue weighted by Crippen LogP contribution is -2.29. The van der Waals surface area contributed by atoms with Gasteiger partial charge in [0, 0.05) is 16.7 Å². The Bertz CT molecular complexity index is 1150. The Labute approximate surface area is 177 Å². The highest BCUT2D eigenvalue weighted by Gasteiger charge is 2.48. The summed E-state index contributed by atoms with van der Waals surface area (Å²) in [7, 11) is 1.54. The quantitative estimate of drug-likeness (QED) is 0.382. The molecule has 1 aromatic heterocycles. The molecule has 1 aliphatic rings. The van der Waals surface area contributed by atoms with E-state index in [1.54, 1.807) is 68.6 Å². The lowest BCUT2D eigenvalue weighted by molar-refractivity contribution is -0.132. The molecule has 1 amide bonds. The molecule has 8 heteroatoms. The average Bonchev–Trinajstić information content (AvgIpc) is 3.29. The lowest BCUT2D eigenvalue weighted by Gasteiger charge is -2.23. The highest BCUT2D eigenvalue weighted by atomic mass is 35.5. The fourth-order valence-corrected chi connectivity index (χ4v) is 3.53. The van der Waals surface area contributed by atoms with E-state index in [9.17, 15) is 14.7 Å². The van der Waals surface area contributed by atoms with Gasteiger partial charge in [-0.1, -0.05) is 28.9 Å². The third-order valence-electron chi connectivity index (χ3n) is 4.86. The number of aryl methyl sites for hydroxylation is 1. The van der Waals surface area contributed by atoms with Crippen molar-refractivity contribution in [1.82, 2.24) is 5.16 Å². The summed E-state index contributed by atoms with van der Waals surface area (Å²) in [6.45, 7) is 1.68. The molecule has 0 radical (unpaired) electrons. The molecular formula is C22H17ClN2O5. The van der Waals surface area contributed by atoms with E-state index < -0.39 is 17.7 Å². The van der Waals surface area contributed by atoms with Crippen LogP contribution in [0.1, 0.15) is 22.9 Å². The molecule has 1 N–H and O–H groups in total. The zero-order valence-corrected chi connectivity index (χ0v) is 16.9. The molecular weight excluding hydrogens is 408 g/mol. The number of carbonyl (C=O) groups is 2. The first-order valence-electron chi connectivity index (χ1n) is 9.05. The first kappa shape index (κ1) is 19.7. The van der Waals surface area contributed by atoms with E-state index in [0.29, 0.717) is 27.7 Å². The van der Waals surface area contributed by atoms with Crippen LogP contribution in [-0.2, 0) is 9.59 Å². The summed E-state index contributed by atoms with van der Waals surface area (Å²) < 4.78 is 10.3. The van der Waals surface area contributed by atoms with Crippen molar-refractivity contribution >= 4 is 34.9 Å². The first-order chi connectivity index (χ1) is 14.4. The van der Waals surface area contributed by atoms with Crippen LogP contribution in [-0.4, -0.2) is 29.1 Å². The molecule has 2 aromatic carbocycles. The standard InChI is InChI=1S/C22H17ClN2O5/c1-12-11-17(24-30-12)25-19(13-5-9-16(29-2)10-6-13)18(21(27)22(25)28)20(26)14-3-7-15(23)8-4-14/h3-11,19,26H,1-2H3/t19-/m1/s1. The molecule has 1 saturated heterocycles. The number of anilines is 1. The minimum absolute atomic E-state index is 0.0480. The van der Waals surface area contributed by atoms with Gasteiger partial charge in [0.25, 0.3) is 5.78 Å².